The molecule has 0 aliphatic carbocycles. The third-order valence-corrected chi connectivity index (χ3v) is 3.44. The van der Waals surface area contributed by atoms with Crippen LogP contribution in [0.25, 0.3) is 5.69 Å². The van der Waals surface area contributed by atoms with E-state index in [1.807, 2.05) is 0 Å². The molecule has 0 atom stereocenters. The van der Waals surface area contributed by atoms with Crippen molar-refractivity contribution in [2.75, 3.05) is 7.05 Å². The van der Waals surface area contributed by atoms with E-state index in [2.05, 4.69) is 15.5 Å². The molecule has 116 valence electrons. The molecule has 0 radical (unpaired) electrons. The van der Waals surface area contributed by atoms with Gasteiger partial charge in [-0.15, -0.1) is 5.10 Å². The predicted molar refractivity (Wildman–Crippen MR) is 81.4 cm³/mol. The van der Waals surface area contributed by atoms with Crippen molar-refractivity contribution < 1.29 is 9.18 Å². The predicted octanol–water partition coefficient (Wildman–Crippen LogP) is 2.07. The molecule has 0 aliphatic rings. The van der Waals surface area contributed by atoms with Gasteiger partial charge in [-0.25, -0.2) is 9.07 Å². The van der Waals surface area contributed by atoms with Crippen molar-refractivity contribution in [2.24, 2.45) is 0 Å². The Hall–Kier alpha value is -3.09. The Bertz CT molecular complexity index is 802. The van der Waals surface area contributed by atoms with E-state index in [-0.39, 0.29) is 18.3 Å². The van der Waals surface area contributed by atoms with Crippen molar-refractivity contribution >= 4 is 5.91 Å². The highest BCUT2D eigenvalue weighted by Crippen LogP contribution is 2.13. The summed E-state index contributed by atoms with van der Waals surface area (Å²) in [7, 11) is 1.64. The molecule has 0 saturated heterocycles. The lowest BCUT2D eigenvalue weighted by molar-refractivity contribution is 0.0784. The van der Waals surface area contributed by atoms with Crippen LogP contribution >= 0.6 is 0 Å². The number of nitrogens with zero attached hydrogens (tertiary/aromatic N) is 5. The lowest BCUT2D eigenvalue weighted by Crippen LogP contribution is -2.26. The van der Waals surface area contributed by atoms with Crippen LogP contribution in [0.5, 0.6) is 0 Å². The maximum atomic E-state index is 13.7. The van der Waals surface area contributed by atoms with Crippen LogP contribution in [-0.2, 0) is 6.54 Å². The Morgan fingerprint density at radius 2 is 1.91 bits per heavy atom. The highest BCUT2D eigenvalue weighted by atomic mass is 19.1. The summed E-state index contributed by atoms with van der Waals surface area (Å²) in [6.07, 6.45) is 1.47. The monoisotopic (exact) mass is 311 g/mol. The van der Waals surface area contributed by atoms with E-state index in [1.54, 1.807) is 49.5 Å². The first-order valence-corrected chi connectivity index (χ1v) is 6.97. The molecule has 0 spiro atoms. The van der Waals surface area contributed by atoms with Crippen LogP contribution in [0.4, 0.5) is 4.39 Å². The van der Waals surface area contributed by atoms with Crippen LogP contribution in [0, 0.1) is 5.82 Å². The van der Waals surface area contributed by atoms with E-state index in [4.69, 9.17) is 0 Å². The zero-order valence-electron chi connectivity index (χ0n) is 12.4. The number of carbonyl (C=O) groups excluding carboxylic acids is 1. The maximum absolute atomic E-state index is 13.7. The molecule has 0 aliphatic heterocycles. The topological polar surface area (TPSA) is 63.9 Å². The summed E-state index contributed by atoms with van der Waals surface area (Å²) in [6, 6.07) is 13.3. The van der Waals surface area contributed by atoms with Gasteiger partial charge in [0, 0.05) is 24.7 Å². The summed E-state index contributed by atoms with van der Waals surface area (Å²) in [5.41, 5.74) is 1.75. The lowest BCUT2D eigenvalue weighted by atomic mass is 10.1. The SMILES string of the molecule is CN(Cc1ccccc1F)C(=O)c1ccc(-n2cnnn2)cc1. The second kappa shape index (κ2) is 6.35. The first-order chi connectivity index (χ1) is 11.1. The molecule has 6 nitrogen and oxygen atoms in total. The van der Waals surface area contributed by atoms with Gasteiger partial charge in [0.1, 0.15) is 12.1 Å². The fraction of sp³-hybridized carbons (Fsp3) is 0.125. The standard InChI is InChI=1S/C16H14FN5O/c1-21(10-13-4-2-3-5-15(13)17)16(23)12-6-8-14(9-7-12)22-11-18-19-20-22/h2-9,11H,10H2,1H3. The third-order valence-electron chi connectivity index (χ3n) is 3.44. The van der Waals surface area contributed by atoms with Crippen LogP contribution in [0.3, 0.4) is 0 Å². The highest BCUT2D eigenvalue weighted by molar-refractivity contribution is 5.94. The molecule has 3 aromatic rings. The number of tetrazole rings is 1. The summed E-state index contributed by atoms with van der Waals surface area (Å²) < 4.78 is 15.2. The van der Waals surface area contributed by atoms with Gasteiger partial charge in [-0.05, 0) is 40.8 Å². The minimum absolute atomic E-state index is 0.184. The minimum atomic E-state index is -0.318. The Morgan fingerprint density at radius 1 is 1.17 bits per heavy atom. The fourth-order valence-electron chi connectivity index (χ4n) is 2.21. The van der Waals surface area contributed by atoms with Crippen molar-refractivity contribution in [1.29, 1.82) is 0 Å². The van der Waals surface area contributed by atoms with E-state index in [1.165, 1.54) is 22.0 Å². The number of carbonyl (C=O) groups is 1. The highest BCUT2D eigenvalue weighted by Gasteiger charge is 2.14. The van der Waals surface area contributed by atoms with Crippen molar-refractivity contribution in [1.82, 2.24) is 25.1 Å². The number of hydrogen-bond donors (Lipinski definition) is 0. The van der Waals surface area contributed by atoms with Gasteiger partial charge >= 0.3 is 0 Å². The molecule has 1 amide bonds. The van der Waals surface area contributed by atoms with E-state index < -0.39 is 0 Å². The summed E-state index contributed by atoms with van der Waals surface area (Å²) in [5.74, 6) is -0.502. The molecule has 0 bridgehead atoms. The fourth-order valence-corrected chi connectivity index (χ4v) is 2.21. The molecule has 1 heterocycles. The maximum Gasteiger partial charge on any atom is 0.253 e. The molecule has 0 fully saturated rings. The molecule has 3 rings (SSSR count). The van der Waals surface area contributed by atoms with Gasteiger partial charge in [0.15, 0.2) is 0 Å². The number of amides is 1. The van der Waals surface area contributed by atoms with Crippen LogP contribution in [0.15, 0.2) is 54.9 Å². The van der Waals surface area contributed by atoms with Gasteiger partial charge in [0.2, 0.25) is 0 Å². The number of aromatic nitrogens is 4. The van der Waals surface area contributed by atoms with Gasteiger partial charge < -0.3 is 4.90 Å². The van der Waals surface area contributed by atoms with Crippen molar-refractivity contribution in [3.63, 3.8) is 0 Å². The van der Waals surface area contributed by atoms with E-state index >= 15 is 0 Å². The van der Waals surface area contributed by atoms with Gasteiger partial charge in [-0.3, -0.25) is 4.79 Å². The molecular formula is C16H14FN5O. The second-order valence-electron chi connectivity index (χ2n) is 5.05. The first kappa shape index (κ1) is 14.8. The molecule has 2 aromatic carbocycles. The molecular weight excluding hydrogens is 297 g/mol. The third kappa shape index (κ3) is 3.23. The Kier molecular flexibility index (Phi) is 4.09. The van der Waals surface area contributed by atoms with Crippen LogP contribution in [0.1, 0.15) is 15.9 Å². The van der Waals surface area contributed by atoms with Crippen LogP contribution in [0.2, 0.25) is 0 Å². The summed E-state index contributed by atoms with van der Waals surface area (Å²) in [6.45, 7) is 0.209. The Balaban J connectivity index is 1.73. The number of benzene rings is 2. The zero-order chi connectivity index (χ0) is 16.2. The smallest absolute Gasteiger partial charge is 0.253 e. The van der Waals surface area contributed by atoms with Crippen molar-refractivity contribution in [2.45, 2.75) is 6.54 Å². The Labute approximate surface area is 132 Å². The van der Waals surface area contributed by atoms with Crippen LogP contribution in [-0.4, -0.2) is 38.1 Å². The van der Waals surface area contributed by atoms with Crippen molar-refractivity contribution in [3.05, 3.63) is 71.8 Å². The summed E-state index contributed by atoms with van der Waals surface area (Å²) in [4.78, 5) is 13.9. The molecule has 1 aromatic heterocycles. The molecule has 0 N–H and O–H groups in total. The normalized spacial score (nSPS) is 10.5. The average molecular weight is 311 g/mol. The summed E-state index contributed by atoms with van der Waals surface area (Å²) >= 11 is 0. The molecule has 0 unspecified atom stereocenters. The van der Waals surface area contributed by atoms with Gasteiger partial charge in [0.25, 0.3) is 5.91 Å². The zero-order valence-corrected chi connectivity index (χ0v) is 12.4. The lowest BCUT2D eigenvalue weighted by Gasteiger charge is -2.18. The summed E-state index contributed by atoms with van der Waals surface area (Å²) in [5, 5.41) is 10.9. The quantitative estimate of drug-likeness (QED) is 0.740. The van der Waals surface area contributed by atoms with E-state index in [0.717, 1.165) is 5.69 Å². The van der Waals surface area contributed by atoms with Crippen LogP contribution < -0.4 is 0 Å². The Morgan fingerprint density at radius 3 is 2.57 bits per heavy atom. The largest absolute Gasteiger partial charge is 0.337 e. The first-order valence-electron chi connectivity index (χ1n) is 6.97. The molecule has 0 saturated carbocycles. The second-order valence-corrected chi connectivity index (χ2v) is 5.05. The van der Waals surface area contributed by atoms with Crippen molar-refractivity contribution in [3.8, 4) is 5.69 Å². The van der Waals surface area contributed by atoms with E-state index in [0.29, 0.717) is 11.1 Å². The number of hydrogen-bond acceptors (Lipinski definition) is 4. The molecule has 23 heavy (non-hydrogen) atoms. The molecule has 7 heteroatoms. The van der Waals surface area contributed by atoms with Gasteiger partial charge in [-0.1, -0.05) is 18.2 Å². The van der Waals surface area contributed by atoms with Gasteiger partial charge in [-0.2, -0.15) is 0 Å². The van der Waals surface area contributed by atoms with E-state index in [9.17, 15) is 9.18 Å². The number of halogens is 1. The minimum Gasteiger partial charge on any atom is -0.337 e. The average Bonchev–Trinajstić information content (AvgIpc) is 3.11. The number of rotatable bonds is 4. The van der Waals surface area contributed by atoms with Gasteiger partial charge in [0.05, 0.1) is 5.69 Å².